The Morgan fingerprint density at radius 2 is 2.44 bits per heavy atom. The number of esters is 1. The fraction of sp³-hybridized carbons (Fsp3) is 0.364. The Labute approximate surface area is 107 Å². The van der Waals surface area contributed by atoms with Crippen LogP contribution in [-0.2, 0) is 20.9 Å². The predicted molar refractivity (Wildman–Crippen MR) is 67.6 cm³/mol. The summed E-state index contributed by atoms with van der Waals surface area (Å²) in [6.07, 6.45) is 0. The third-order valence-electron chi connectivity index (χ3n) is 1.70. The molecule has 0 spiro atoms. The topological polar surface area (TPSA) is 35.5 Å². The van der Waals surface area contributed by atoms with E-state index in [1.54, 1.807) is 18.3 Å². The molecule has 0 fully saturated rings. The third kappa shape index (κ3) is 4.92. The van der Waals surface area contributed by atoms with Gasteiger partial charge in [0.2, 0.25) is 0 Å². The van der Waals surface area contributed by atoms with Gasteiger partial charge in [-0.15, -0.1) is 0 Å². The number of halogens is 1. The summed E-state index contributed by atoms with van der Waals surface area (Å²) in [5.41, 5.74) is 1.50. The maximum atomic E-state index is 11.1. The second-order valence-electron chi connectivity index (χ2n) is 3.23. The summed E-state index contributed by atoms with van der Waals surface area (Å²) in [7, 11) is 0. The second kappa shape index (κ2) is 6.83. The highest BCUT2D eigenvalue weighted by Crippen LogP contribution is 2.11. The maximum absolute atomic E-state index is 11.1. The van der Waals surface area contributed by atoms with Crippen LogP contribution in [-0.4, -0.2) is 17.6 Å². The van der Waals surface area contributed by atoms with Crippen molar-refractivity contribution in [3.63, 3.8) is 0 Å². The van der Waals surface area contributed by atoms with Gasteiger partial charge in [-0.2, -0.15) is 11.3 Å². The van der Waals surface area contributed by atoms with Gasteiger partial charge in [-0.1, -0.05) is 22.5 Å². The van der Waals surface area contributed by atoms with E-state index in [0.717, 1.165) is 5.56 Å². The van der Waals surface area contributed by atoms with Crippen molar-refractivity contribution in [2.45, 2.75) is 18.5 Å². The van der Waals surface area contributed by atoms with Gasteiger partial charge in [-0.3, -0.25) is 0 Å². The molecule has 0 N–H and O–H groups in total. The third-order valence-corrected chi connectivity index (χ3v) is 2.97. The minimum absolute atomic E-state index is 0.176. The van der Waals surface area contributed by atoms with Crippen molar-refractivity contribution in [2.24, 2.45) is 0 Å². The lowest BCUT2D eigenvalue weighted by atomic mass is 10.4. The van der Waals surface area contributed by atoms with E-state index in [9.17, 15) is 4.79 Å². The first-order chi connectivity index (χ1) is 7.59. The van der Waals surface area contributed by atoms with Crippen LogP contribution in [0.1, 0.15) is 12.5 Å². The number of carbonyl (C=O) groups excluding carboxylic acids is 1. The lowest BCUT2D eigenvalue weighted by Crippen LogP contribution is -2.16. The molecule has 0 amide bonds. The van der Waals surface area contributed by atoms with Crippen LogP contribution in [0.3, 0.4) is 0 Å². The molecule has 0 radical (unpaired) electrons. The van der Waals surface area contributed by atoms with Crippen LogP contribution in [0.4, 0.5) is 0 Å². The van der Waals surface area contributed by atoms with E-state index in [1.807, 2.05) is 16.8 Å². The van der Waals surface area contributed by atoms with Crippen molar-refractivity contribution < 1.29 is 14.3 Å². The molecule has 1 rings (SSSR count). The van der Waals surface area contributed by atoms with E-state index in [-0.39, 0.29) is 11.6 Å². The van der Waals surface area contributed by atoms with E-state index in [0.29, 0.717) is 12.2 Å². The number of hydrogen-bond acceptors (Lipinski definition) is 4. The average molecular weight is 305 g/mol. The van der Waals surface area contributed by atoms with Gasteiger partial charge in [0.15, 0.2) is 0 Å². The molecular formula is C11H13BrO3S. The molecule has 0 aliphatic heterocycles. The zero-order valence-electron chi connectivity index (χ0n) is 8.94. The molecule has 1 aromatic rings. The SMILES string of the molecule is C=C(C)C(=O)OCC(Br)OCc1ccsc1. The van der Waals surface area contributed by atoms with E-state index >= 15 is 0 Å². The van der Waals surface area contributed by atoms with Crippen molar-refractivity contribution in [1.82, 2.24) is 0 Å². The standard InChI is InChI=1S/C11H13BrO3S/c1-8(2)11(13)15-6-10(12)14-5-9-3-4-16-7-9/h3-4,7,10H,1,5-6H2,2H3. The summed E-state index contributed by atoms with van der Waals surface area (Å²) in [5.74, 6) is -0.399. The summed E-state index contributed by atoms with van der Waals surface area (Å²) < 4.78 is 10.4. The quantitative estimate of drug-likeness (QED) is 0.460. The van der Waals surface area contributed by atoms with Gasteiger partial charge in [-0.25, -0.2) is 4.79 Å². The number of ether oxygens (including phenoxy) is 2. The van der Waals surface area contributed by atoms with E-state index in [2.05, 4.69) is 22.5 Å². The molecule has 1 unspecified atom stereocenters. The van der Waals surface area contributed by atoms with Crippen LogP contribution in [0.25, 0.3) is 0 Å². The second-order valence-corrected chi connectivity index (χ2v) is 5.03. The average Bonchev–Trinajstić information content (AvgIpc) is 2.75. The van der Waals surface area contributed by atoms with Crippen LogP contribution in [0, 0.1) is 0 Å². The van der Waals surface area contributed by atoms with Crippen LogP contribution in [0.15, 0.2) is 29.0 Å². The molecule has 1 aromatic heterocycles. The van der Waals surface area contributed by atoms with Gasteiger partial charge in [0, 0.05) is 5.57 Å². The molecule has 0 aliphatic carbocycles. The molecule has 1 heterocycles. The summed E-state index contributed by atoms with van der Waals surface area (Å²) >= 11 is 4.90. The predicted octanol–water partition coefficient (Wildman–Crippen LogP) is 3.11. The summed E-state index contributed by atoms with van der Waals surface area (Å²) in [5, 5.41) is 3.71. The summed E-state index contributed by atoms with van der Waals surface area (Å²) in [6, 6.07) is 1.99. The van der Waals surface area contributed by atoms with Crippen molar-refractivity contribution in [1.29, 1.82) is 0 Å². The Morgan fingerprint density at radius 3 is 3.00 bits per heavy atom. The first-order valence-electron chi connectivity index (χ1n) is 4.69. The Kier molecular flexibility index (Phi) is 5.73. The Balaban J connectivity index is 2.18. The zero-order valence-corrected chi connectivity index (χ0v) is 11.3. The minimum atomic E-state index is -0.399. The van der Waals surface area contributed by atoms with Crippen molar-refractivity contribution >= 4 is 33.2 Å². The van der Waals surface area contributed by atoms with Gasteiger partial charge in [-0.05, 0) is 29.3 Å². The Hall–Kier alpha value is -0.650. The molecule has 0 bridgehead atoms. The van der Waals surface area contributed by atoms with E-state index in [4.69, 9.17) is 9.47 Å². The molecule has 0 saturated heterocycles. The molecular weight excluding hydrogens is 292 g/mol. The van der Waals surface area contributed by atoms with Gasteiger partial charge >= 0.3 is 5.97 Å². The van der Waals surface area contributed by atoms with Crippen LogP contribution >= 0.6 is 27.3 Å². The molecule has 16 heavy (non-hydrogen) atoms. The van der Waals surface area contributed by atoms with Gasteiger partial charge in [0.1, 0.15) is 11.6 Å². The highest BCUT2D eigenvalue weighted by atomic mass is 79.9. The normalized spacial score (nSPS) is 12.1. The van der Waals surface area contributed by atoms with Gasteiger partial charge in [0.25, 0.3) is 0 Å². The van der Waals surface area contributed by atoms with E-state index < -0.39 is 5.97 Å². The van der Waals surface area contributed by atoms with Gasteiger partial charge in [0.05, 0.1) is 6.61 Å². The highest BCUT2D eigenvalue weighted by Gasteiger charge is 2.09. The smallest absolute Gasteiger partial charge is 0.333 e. The molecule has 3 nitrogen and oxygen atoms in total. The van der Waals surface area contributed by atoms with Crippen molar-refractivity contribution in [3.05, 3.63) is 34.5 Å². The lowest BCUT2D eigenvalue weighted by Gasteiger charge is -2.11. The number of rotatable bonds is 6. The first-order valence-corrected chi connectivity index (χ1v) is 6.55. The van der Waals surface area contributed by atoms with Crippen molar-refractivity contribution in [3.8, 4) is 0 Å². The number of alkyl halides is 1. The monoisotopic (exact) mass is 304 g/mol. The summed E-state index contributed by atoms with van der Waals surface area (Å²) in [4.78, 5) is 11.1. The molecule has 5 heteroatoms. The fourth-order valence-corrected chi connectivity index (χ4v) is 1.79. The minimum Gasteiger partial charge on any atom is -0.459 e. The molecule has 88 valence electrons. The number of carbonyl (C=O) groups is 1. The Morgan fingerprint density at radius 1 is 1.69 bits per heavy atom. The van der Waals surface area contributed by atoms with Crippen LogP contribution < -0.4 is 0 Å². The molecule has 0 aromatic carbocycles. The number of thiophene rings is 1. The Bertz CT molecular complexity index is 348. The van der Waals surface area contributed by atoms with Crippen molar-refractivity contribution in [2.75, 3.05) is 6.61 Å². The first kappa shape index (κ1) is 13.4. The largest absolute Gasteiger partial charge is 0.459 e. The van der Waals surface area contributed by atoms with Crippen LogP contribution in [0.5, 0.6) is 0 Å². The summed E-state index contributed by atoms with van der Waals surface area (Å²) in [6.45, 7) is 5.78. The highest BCUT2D eigenvalue weighted by molar-refractivity contribution is 9.09. The number of hydrogen-bond donors (Lipinski definition) is 0. The fourth-order valence-electron chi connectivity index (χ4n) is 0.874. The molecule has 0 aliphatic rings. The van der Waals surface area contributed by atoms with Gasteiger partial charge < -0.3 is 9.47 Å². The zero-order chi connectivity index (χ0) is 12.0. The maximum Gasteiger partial charge on any atom is 0.333 e. The lowest BCUT2D eigenvalue weighted by molar-refractivity contribution is -0.141. The van der Waals surface area contributed by atoms with E-state index in [1.165, 1.54) is 0 Å². The van der Waals surface area contributed by atoms with Crippen LogP contribution in [0.2, 0.25) is 0 Å². The molecule has 0 saturated carbocycles. The molecule has 1 atom stereocenters.